The highest BCUT2D eigenvalue weighted by molar-refractivity contribution is 5.37. The van der Waals surface area contributed by atoms with Crippen molar-refractivity contribution in [2.24, 2.45) is 5.73 Å². The van der Waals surface area contributed by atoms with E-state index in [-0.39, 0.29) is 11.9 Å². The van der Waals surface area contributed by atoms with E-state index in [4.69, 9.17) is 10.5 Å². The maximum absolute atomic E-state index is 13.3. The summed E-state index contributed by atoms with van der Waals surface area (Å²) in [5, 5.41) is 0. The minimum absolute atomic E-state index is 0.278. The molecule has 2 N–H and O–H groups in total. The van der Waals surface area contributed by atoms with Crippen molar-refractivity contribution in [3.8, 4) is 5.88 Å². The Bertz CT molecular complexity index is 484. The third-order valence-electron chi connectivity index (χ3n) is 4.42. The smallest absolute Gasteiger partial charge is 0.219 e. The van der Waals surface area contributed by atoms with Crippen LogP contribution in [-0.4, -0.2) is 34.6 Å². The quantitative estimate of drug-likeness (QED) is 0.842. The average Bonchev–Trinajstić information content (AvgIpc) is 2.64. The summed E-state index contributed by atoms with van der Waals surface area (Å²) in [6.07, 6.45) is 2.92. The number of halogens is 1. The Morgan fingerprint density at radius 3 is 2.79 bits per heavy atom. The number of nitrogens with zero attached hydrogens (tertiary/aromatic N) is 2. The molecule has 1 fully saturated rings. The first kappa shape index (κ1) is 12.8. The zero-order chi connectivity index (χ0) is 13.6. The van der Waals surface area contributed by atoms with E-state index < -0.39 is 5.60 Å². The van der Waals surface area contributed by atoms with Crippen molar-refractivity contribution < 1.29 is 9.13 Å². The van der Waals surface area contributed by atoms with E-state index in [2.05, 4.69) is 23.7 Å². The van der Waals surface area contributed by atoms with Crippen LogP contribution in [0.1, 0.15) is 38.3 Å². The van der Waals surface area contributed by atoms with Crippen molar-refractivity contribution in [2.75, 3.05) is 13.1 Å². The molecule has 1 spiro atoms. The molecule has 0 amide bonds. The van der Waals surface area contributed by atoms with Crippen LogP contribution in [0.5, 0.6) is 5.88 Å². The highest BCUT2D eigenvalue weighted by atomic mass is 19.1. The molecule has 3 heterocycles. The fourth-order valence-corrected chi connectivity index (χ4v) is 3.12. The number of rotatable bonds is 1. The fraction of sp³-hybridized carbons (Fsp3) is 0.643. The molecule has 4 nitrogen and oxygen atoms in total. The number of ether oxygens (including phenoxy) is 1. The summed E-state index contributed by atoms with van der Waals surface area (Å²) in [6.45, 7) is 6.31. The first-order valence-corrected chi connectivity index (χ1v) is 6.86. The van der Waals surface area contributed by atoms with Crippen LogP contribution < -0.4 is 10.5 Å². The van der Waals surface area contributed by atoms with Gasteiger partial charge >= 0.3 is 0 Å². The molecule has 0 bridgehead atoms. The van der Waals surface area contributed by atoms with Gasteiger partial charge in [0.15, 0.2) is 0 Å². The molecule has 0 aromatic carbocycles. The van der Waals surface area contributed by atoms with Crippen LogP contribution in [0.25, 0.3) is 0 Å². The second-order valence-corrected chi connectivity index (χ2v) is 5.82. The van der Waals surface area contributed by atoms with E-state index in [9.17, 15) is 4.39 Å². The van der Waals surface area contributed by atoms with Gasteiger partial charge in [-0.1, -0.05) is 0 Å². The number of pyridine rings is 1. The van der Waals surface area contributed by atoms with Crippen molar-refractivity contribution in [2.45, 2.75) is 44.4 Å². The standard InChI is InChI=1S/C14H20FN3O/c1-9(2)18-5-3-14(4-6-18)12(16)11-7-10(15)8-17-13(11)19-14/h7-9,12H,3-6,16H2,1-2H3/t12-/m1/s1. The number of piperidine rings is 1. The third kappa shape index (κ3) is 2.01. The topological polar surface area (TPSA) is 51.4 Å². The lowest BCUT2D eigenvalue weighted by Gasteiger charge is -2.42. The van der Waals surface area contributed by atoms with Crippen LogP contribution >= 0.6 is 0 Å². The number of hydrogen-bond acceptors (Lipinski definition) is 4. The third-order valence-corrected chi connectivity index (χ3v) is 4.42. The van der Waals surface area contributed by atoms with Crippen LogP contribution in [0.15, 0.2) is 12.3 Å². The molecule has 2 aliphatic heterocycles. The molecule has 5 heteroatoms. The van der Waals surface area contributed by atoms with Gasteiger partial charge in [-0.3, -0.25) is 0 Å². The molecule has 3 rings (SSSR count). The minimum Gasteiger partial charge on any atom is -0.469 e. The van der Waals surface area contributed by atoms with Crippen molar-refractivity contribution in [3.05, 3.63) is 23.6 Å². The van der Waals surface area contributed by atoms with Crippen LogP contribution in [0.2, 0.25) is 0 Å². The number of nitrogens with two attached hydrogens (primary N) is 1. The molecule has 1 aromatic rings. The van der Waals surface area contributed by atoms with Crippen LogP contribution in [0.4, 0.5) is 4.39 Å². The largest absolute Gasteiger partial charge is 0.469 e. The monoisotopic (exact) mass is 265 g/mol. The Morgan fingerprint density at radius 1 is 1.47 bits per heavy atom. The van der Waals surface area contributed by atoms with Crippen molar-refractivity contribution in [1.29, 1.82) is 0 Å². The van der Waals surface area contributed by atoms with Gasteiger partial charge in [-0.25, -0.2) is 9.37 Å². The van der Waals surface area contributed by atoms with Gasteiger partial charge in [-0.2, -0.15) is 0 Å². The molecule has 0 unspecified atom stereocenters. The van der Waals surface area contributed by atoms with Gasteiger partial charge in [0.05, 0.1) is 12.2 Å². The predicted molar refractivity (Wildman–Crippen MR) is 70.4 cm³/mol. The first-order valence-electron chi connectivity index (χ1n) is 6.86. The van der Waals surface area contributed by atoms with Gasteiger partial charge < -0.3 is 15.4 Å². The Morgan fingerprint density at radius 2 is 2.16 bits per heavy atom. The van der Waals surface area contributed by atoms with Crippen molar-refractivity contribution >= 4 is 0 Å². The lowest BCUT2D eigenvalue weighted by Crippen LogP contribution is -2.52. The van der Waals surface area contributed by atoms with E-state index in [0.717, 1.165) is 25.9 Å². The van der Waals surface area contributed by atoms with E-state index in [1.54, 1.807) is 0 Å². The van der Waals surface area contributed by atoms with E-state index >= 15 is 0 Å². The van der Waals surface area contributed by atoms with Gasteiger partial charge in [0.25, 0.3) is 0 Å². The van der Waals surface area contributed by atoms with Crippen molar-refractivity contribution in [1.82, 2.24) is 9.88 Å². The predicted octanol–water partition coefficient (Wildman–Crippen LogP) is 1.86. The van der Waals surface area contributed by atoms with Gasteiger partial charge in [-0.15, -0.1) is 0 Å². The Hall–Kier alpha value is -1.20. The lowest BCUT2D eigenvalue weighted by molar-refractivity contribution is -0.00910. The lowest BCUT2D eigenvalue weighted by atomic mass is 9.83. The minimum atomic E-state index is -0.394. The summed E-state index contributed by atoms with van der Waals surface area (Å²) in [6, 6.07) is 1.71. The molecular weight excluding hydrogens is 245 g/mol. The molecule has 0 saturated carbocycles. The van der Waals surface area contributed by atoms with Gasteiger partial charge in [-0.05, 0) is 19.9 Å². The van der Waals surface area contributed by atoms with E-state index in [1.165, 1.54) is 12.3 Å². The SMILES string of the molecule is CC(C)N1CCC2(CC1)Oc1ncc(F)cc1[C@H]2N. The number of likely N-dealkylation sites (tertiary alicyclic amines) is 1. The second kappa shape index (κ2) is 4.42. The molecule has 0 aliphatic carbocycles. The molecule has 19 heavy (non-hydrogen) atoms. The van der Waals surface area contributed by atoms with Crippen molar-refractivity contribution in [3.63, 3.8) is 0 Å². The molecule has 1 aromatic heterocycles. The molecular formula is C14H20FN3O. The number of fused-ring (bicyclic) bond motifs is 1. The van der Waals surface area contributed by atoms with Crippen LogP contribution in [0, 0.1) is 5.82 Å². The summed E-state index contributed by atoms with van der Waals surface area (Å²) in [4.78, 5) is 6.44. The summed E-state index contributed by atoms with van der Waals surface area (Å²) in [7, 11) is 0. The average molecular weight is 265 g/mol. The van der Waals surface area contributed by atoms with Crippen LogP contribution in [0.3, 0.4) is 0 Å². The number of hydrogen-bond donors (Lipinski definition) is 1. The second-order valence-electron chi connectivity index (χ2n) is 5.82. The molecule has 1 atom stereocenters. The van der Waals surface area contributed by atoms with E-state index in [1.807, 2.05) is 0 Å². The fourth-order valence-electron chi connectivity index (χ4n) is 3.12. The molecule has 104 valence electrons. The summed E-state index contributed by atoms with van der Waals surface area (Å²) in [5.74, 6) is 0.154. The summed E-state index contributed by atoms with van der Waals surface area (Å²) in [5.41, 5.74) is 6.61. The first-order chi connectivity index (χ1) is 9.02. The Kier molecular flexibility index (Phi) is 2.98. The zero-order valence-corrected chi connectivity index (χ0v) is 11.4. The maximum atomic E-state index is 13.3. The highest BCUT2D eigenvalue weighted by Crippen LogP contribution is 2.46. The van der Waals surface area contributed by atoms with Gasteiger partial charge in [0.1, 0.15) is 11.4 Å². The Balaban J connectivity index is 1.82. The normalized spacial score (nSPS) is 25.6. The van der Waals surface area contributed by atoms with E-state index in [0.29, 0.717) is 17.5 Å². The molecule has 2 aliphatic rings. The molecule has 1 saturated heterocycles. The van der Waals surface area contributed by atoms with Crippen LogP contribution in [-0.2, 0) is 0 Å². The zero-order valence-electron chi connectivity index (χ0n) is 11.4. The summed E-state index contributed by atoms with van der Waals surface area (Å²) >= 11 is 0. The van der Waals surface area contributed by atoms with Gasteiger partial charge in [0.2, 0.25) is 5.88 Å². The summed E-state index contributed by atoms with van der Waals surface area (Å²) < 4.78 is 19.3. The number of aromatic nitrogens is 1. The Labute approximate surface area is 112 Å². The van der Waals surface area contributed by atoms with Gasteiger partial charge in [0, 0.05) is 37.5 Å². The molecule has 0 radical (unpaired) electrons. The highest BCUT2D eigenvalue weighted by Gasteiger charge is 2.49. The maximum Gasteiger partial charge on any atom is 0.219 e.